The lowest BCUT2D eigenvalue weighted by Crippen LogP contribution is -2.35. The van der Waals surface area contributed by atoms with E-state index >= 15 is 0 Å². The third-order valence-electron chi connectivity index (χ3n) is 2.46. The van der Waals surface area contributed by atoms with E-state index in [1.54, 1.807) is 0 Å². The number of amides is 1. The molecule has 1 unspecified atom stereocenters. The molecule has 0 heterocycles. The predicted octanol–water partition coefficient (Wildman–Crippen LogP) is 2.11. The van der Waals surface area contributed by atoms with Crippen LogP contribution in [0.5, 0.6) is 0 Å². The minimum absolute atomic E-state index is 0.101. The number of rotatable bonds is 6. The molecule has 4 heteroatoms. The van der Waals surface area contributed by atoms with E-state index in [9.17, 15) is 4.79 Å². The SMILES string of the molecule is CNCCC(=O)NC(C)Cc1ccc(Br)cc1. The summed E-state index contributed by atoms with van der Waals surface area (Å²) >= 11 is 3.40. The zero-order chi connectivity index (χ0) is 12.7. The van der Waals surface area contributed by atoms with E-state index in [1.165, 1.54) is 5.56 Å². The molecule has 0 bridgehead atoms. The van der Waals surface area contributed by atoms with Gasteiger partial charge in [-0.3, -0.25) is 4.79 Å². The molecule has 1 atom stereocenters. The lowest BCUT2D eigenvalue weighted by atomic mass is 10.1. The maximum absolute atomic E-state index is 11.5. The molecule has 17 heavy (non-hydrogen) atoms. The van der Waals surface area contributed by atoms with Gasteiger partial charge in [-0.15, -0.1) is 0 Å². The highest BCUT2D eigenvalue weighted by Crippen LogP contribution is 2.11. The fourth-order valence-electron chi connectivity index (χ4n) is 1.61. The number of carbonyl (C=O) groups excluding carboxylic acids is 1. The molecular weight excluding hydrogens is 280 g/mol. The summed E-state index contributed by atoms with van der Waals surface area (Å²) in [5.41, 5.74) is 1.23. The Hall–Kier alpha value is -0.870. The molecule has 94 valence electrons. The fraction of sp³-hybridized carbons (Fsp3) is 0.462. The van der Waals surface area contributed by atoms with Crippen LogP contribution in [0.4, 0.5) is 0 Å². The Morgan fingerprint density at radius 2 is 2.00 bits per heavy atom. The van der Waals surface area contributed by atoms with Gasteiger partial charge in [0, 0.05) is 23.5 Å². The fourth-order valence-corrected chi connectivity index (χ4v) is 1.87. The van der Waals surface area contributed by atoms with Crippen LogP contribution in [0.1, 0.15) is 18.9 Å². The second-order valence-corrected chi connectivity index (χ2v) is 5.07. The molecule has 0 spiro atoms. The van der Waals surface area contributed by atoms with Crippen molar-refractivity contribution < 1.29 is 4.79 Å². The van der Waals surface area contributed by atoms with E-state index in [-0.39, 0.29) is 11.9 Å². The monoisotopic (exact) mass is 298 g/mol. The summed E-state index contributed by atoms with van der Waals surface area (Å²) in [7, 11) is 1.85. The summed E-state index contributed by atoms with van der Waals surface area (Å²) in [5, 5.41) is 5.95. The van der Waals surface area contributed by atoms with E-state index in [1.807, 2.05) is 26.1 Å². The van der Waals surface area contributed by atoms with Crippen molar-refractivity contribution in [3.8, 4) is 0 Å². The van der Waals surface area contributed by atoms with E-state index in [4.69, 9.17) is 0 Å². The first-order valence-corrected chi connectivity index (χ1v) is 6.59. The summed E-state index contributed by atoms with van der Waals surface area (Å²) in [6.07, 6.45) is 1.39. The van der Waals surface area contributed by atoms with Gasteiger partial charge in [-0.1, -0.05) is 28.1 Å². The highest BCUT2D eigenvalue weighted by atomic mass is 79.9. The number of carbonyl (C=O) groups is 1. The van der Waals surface area contributed by atoms with Gasteiger partial charge in [0.25, 0.3) is 0 Å². The molecular formula is C13H19BrN2O. The molecule has 1 aromatic rings. The Bertz CT molecular complexity index is 351. The number of nitrogens with one attached hydrogen (secondary N) is 2. The van der Waals surface area contributed by atoms with Gasteiger partial charge in [0.1, 0.15) is 0 Å². The Labute approximate surface area is 111 Å². The molecule has 1 amide bonds. The van der Waals surface area contributed by atoms with Crippen molar-refractivity contribution in [3.63, 3.8) is 0 Å². The van der Waals surface area contributed by atoms with Gasteiger partial charge in [0.05, 0.1) is 0 Å². The number of hydrogen-bond donors (Lipinski definition) is 2. The van der Waals surface area contributed by atoms with Crippen molar-refractivity contribution >= 4 is 21.8 Å². The quantitative estimate of drug-likeness (QED) is 0.844. The molecule has 0 aliphatic carbocycles. The lowest BCUT2D eigenvalue weighted by molar-refractivity contribution is -0.121. The molecule has 1 aromatic carbocycles. The summed E-state index contributed by atoms with van der Waals surface area (Å²) in [6.45, 7) is 2.75. The van der Waals surface area contributed by atoms with E-state index in [0.29, 0.717) is 6.42 Å². The first kappa shape index (κ1) is 14.2. The van der Waals surface area contributed by atoms with Gasteiger partial charge in [-0.05, 0) is 38.1 Å². The predicted molar refractivity (Wildman–Crippen MR) is 74.0 cm³/mol. The van der Waals surface area contributed by atoms with Crippen molar-refractivity contribution in [2.45, 2.75) is 25.8 Å². The topological polar surface area (TPSA) is 41.1 Å². The first-order chi connectivity index (χ1) is 8.11. The average molecular weight is 299 g/mol. The molecule has 0 aliphatic heterocycles. The molecule has 0 aromatic heterocycles. The molecule has 0 saturated carbocycles. The highest BCUT2D eigenvalue weighted by molar-refractivity contribution is 9.10. The second kappa shape index (κ2) is 7.45. The van der Waals surface area contributed by atoms with Crippen molar-refractivity contribution in [2.75, 3.05) is 13.6 Å². The van der Waals surface area contributed by atoms with Gasteiger partial charge in [0.15, 0.2) is 0 Å². The van der Waals surface area contributed by atoms with Crippen LogP contribution in [-0.4, -0.2) is 25.5 Å². The second-order valence-electron chi connectivity index (χ2n) is 4.15. The van der Waals surface area contributed by atoms with Gasteiger partial charge in [-0.25, -0.2) is 0 Å². The zero-order valence-corrected chi connectivity index (χ0v) is 11.9. The maximum atomic E-state index is 11.5. The van der Waals surface area contributed by atoms with Gasteiger partial charge in [0.2, 0.25) is 5.91 Å². The standard InChI is InChI=1S/C13H19BrN2O/c1-10(16-13(17)7-8-15-2)9-11-3-5-12(14)6-4-11/h3-6,10,15H,7-9H2,1-2H3,(H,16,17). The van der Waals surface area contributed by atoms with Gasteiger partial charge in [-0.2, -0.15) is 0 Å². The Morgan fingerprint density at radius 1 is 1.35 bits per heavy atom. The third kappa shape index (κ3) is 5.84. The summed E-state index contributed by atoms with van der Waals surface area (Å²) in [5.74, 6) is 0.101. The molecule has 0 radical (unpaired) electrons. The Balaban J connectivity index is 2.36. The highest BCUT2D eigenvalue weighted by Gasteiger charge is 2.07. The summed E-state index contributed by atoms with van der Waals surface area (Å²) in [4.78, 5) is 11.5. The van der Waals surface area contributed by atoms with Crippen molar-refractivity contribution in [2.24, 2.45) is 0 Å². The average Bonchev–Trinajstić information content (AvgIpc) is 2.29. The van der Waals surface area contributed by atoms with Crippen LogP contribution in [0.3, 0.4) is 0 Å². The number of benzene rings is 1. The Kier molecular flexibility index (Phi) is 6.22. The van der Waals surface area contributed by atoms with Crippen molar-refractivity contribution in [3.05, 3.63) is 34.3 Å². The molecule has 0 saturated heterocycles. The molecule has 0 fully saturated rings. The first-order valence-electron chi connectivity index (χ1n) is 5.80. The van der Waals surface area contributed by atoms with Crippen molar-refractivity contribution in [1.82, 2.24) is 10.6 Å². The maximum Gasteiger partial charge on any atom is 0.221 e. The van der Waals surface area contributed by atoms with E-state index in [0.717, 1.165) is 17.4 Å². The third-order valence-corrected chi connectivity index (χ3v) is 2.99. The van der Waals surface area contributed by atoms with Crippen LogP contribution in [0.15, 0.2) is 28.7 Å². The van der Waals surface area contributed by atoms with Crippen LogP contribution in [-0.2, 0) is 11.2 Å². The van der Waals surface area contributed by atoms with Crippen LogP contribution >= 0.6 is 15.9 Å². The van der Waals surface area contributed by atoms with Crippen LogP contribution in [0.25, 0.3) is 0 Å². The molecule has 0 aliphatic rings. The van der Waals surface area contributed by atoms with Crippen molar-refractivity contribution in [1.29, 1.82) is 0 Å². The van der Waals surface area contributed by atoms with E-state index < -0.39 is 0 Å². The van der Waals surface area contributed by atoms with Crippen LogP contribution < -0.4 is 10.6 Å². The van der Waals surface area contributed by atoms with E-state index in [2.05, 4.69) is 38.7 Å². The number of halogens is 1. The number of hydrogen-bond acceptors (Lipinski definition) is 2. The van der Waals surface area contributed by atoms with Crippen LogP contribution in [0.2, 0.25) is 0 Å². The normalized spacial score (nSPS) is 12.2. The smallest absolute Gasteiger partial charge is 0.221 e. The van der Waals surface area contributed by atoms with Gasteiger partial charge < -0.3 is 10.6 Å². The molecule has 2 N–H and O–H groups in total. The molecule has 3 nitrogen and oxygen atoms in total. The largest absolute Gasteiger partial charge is 0.353 e. The minimum atomic E-state index is 0.101. The van der Waals surface area contributed by atoms with Gasteiger partial charge >= 0.3 is 0 Å². The zero-order valence-electron chi connectivity index (χ0n) is 10.3. The van der Waals surface area contributed by atoms with Crippen LogP contribution in [0, 0.1) is 0 Å². The summed E-state index contributed by atoms with van der Waals surface area (Å²) < 4.78 is 1.08. The molecule has 1 rings (SSSR count). The minimum Gasteiger partial charge on any atom is -0.353 e. The lowest BCUT2D eigenvalue weighted by Gasteiger charge is -2.14. The Morgan fingerprint density at radius 3 is 2.59 bits per heavy atom. The summed E-state index contributed by atoms with van der Waals surface area (Å²) in [6, 6.07) is 8.34.